The Bertz CT molecular complexity index is 412. The van der Waals surface area contributed by atoms with Crippen LogP contribution in [0.1, 0.15) is 19.3 Å². The molecule has 3 atom stereocenters. The van der Waals surface area contributed by atoms with Crippen molar-refractivity contribution >= 4 is 18.3 Å². The number of rotatable bonds is 7. The van der Waals surface area contributed by atoms with Gasteiger partial charge in [-0.25, -0.2) is 9.59 Å². The van der Waals surface area contributed by atoms with E-state index in [1.165, 1.54) is 0 Å². The zero-order valence-corrected chi connectivity index (χ0v) is 11.3. The number of hydrogen-bond acceptors (Lipinski definition) is 9. The molecule has 9 nitrogen and oxygen atoms in total. The minimum Gasteiger partial charge on any atom is -0.464 e. The number of esters is 1. The van der Waals surface area contributed by atoms with Crippen molar-refractivity contribution in [3.8, 4) is 0 Å². The lowest BCUT2D eigenvalue weighted by Crippen LogP contribution is -2.44. The van der Waals surface area contributed by atoms with Gasteiger partial charge in [-0.2, -0.15) is 0 Å². The monoisotopic (exact) mass is 303 g/mol. The van der Waals surface area contributed by atoms with Gasteiger partial charge in [-0.3, -0.25) is 4.79 Å². The number of nitrogens with two attached hydrogens (primary N) is 1. The first-order chi connectivity index (χ1) is 10.1. The second-order valence-electron chi connectivity index (χ2n) is 4.71. The molecule has 2 saturated heterocycles. The van der Waals surface area contributed by atoms with E-state index < -0.39 is 30.4 Å². The second-order valence-corrected chi connectivity index (χ2v) is 4.71. The second kappa shape index (κ2) is 7.11. The molecule has 2 aliphatic rings. The molecular formula is C12H17NO8. The van der Waals surface area contributed by atoms with Crippen molar-refractivity contribution in [1.29, 1.82) is 0 Å². The highest BCUT2D eigenvalue weighted by molar-refractivity contribution is 5.77. The van der Waals surface area contributed by atoms with Gasteiger partial charge >= 0.3 is 18.3 Å². The van der Waals surface area contributed by atoms with Crippen LogP contribution in [0.15, 0.2) is 0 Å². The van der Waals surface area contributed by atoms with E-state index in [-0.39, 0.29) is 25.9 Å². The van der Waals surface area contributed by atoms with Gasteiger partial charge in [0.15, 0.2) is 6.10 Å². The summed E-state index contributed by atoms with van der Waals surface area (Å²) in [6, 6.07) is -1.05. The highest BCUT2D eigenvalue weighted by Gasteiger charge is 2.35. The van der Waals surface area contributed by atoms with Gasteiger partial charge < -0.3 is 29.4 Å². The van der Waals surface area contributed by atoms with Gasteiger partial charge in [0.05, 0.1) is 6.61 Å². The van der Waals surface area contributed by atoms with Crippen molar-refractivity contribution < 1.29 is 38.1 Å². The molecule has 0 aromatic heterocycles. The van der Waals surface area contributed by atoms with Crippen LogP contribution in [-0.2, 0) is 28.5 Å². The van der Waals surface area contributed by atoms with Gasteiger partial charge in [0, 0.05) is 0 Å². The van der Waals surface area contributed by atoms with Crippen molar-refractivity contribution in [1.82, 2.24) is 0 Å². The van der Waals surface area contributed by atoms with Gasteiger partial charge in [-0.1, -0.05) is 0 Å². The molecule has 21 heavy (non-hydrogen) atoms. The van der Waals surface area contributed by atoms with E-state index in [1.807, 2.05) is 0 Å². The zero-order valence-electron chi connectivity index (χ0n) is 11.3. The Morgan fingerprint density at radius 1 is 1.19 bits per heavy atom. The maximum atomic E-state index is 11.6. The normalized spacial score (nSPS) is 25.6. The molecular weight excluding hydrogens is 286 g/mol. The van der Waals surface area contributed by atoms with Crippen LogP contribution < -0.4 is 5.73 Å². The van der Waals surface area contributed by atoms with Crippen molar-refractivity contribution in [3.63, 3.8) is 0 Å². The van der Waals surface area contributed by atoms with Crippen LogP contribution >= 0.6 is 0 Å². The van der Waals surface area contributed by atoms with Gasteiger partial charge in [0.1, 0.15) is 25.4 Å². The average molecular weight is 303 g/mol. The molecule has 0 amide bonds. The predicted molar refractivity (Wildman–Crippen MR) is 65.2 cm³/mol. The standard InChI is InChI=1S/C12H17NO8/c13-9(8-6-19-12(16)21-8)10(14)17-4-2-1-3-7-5-18-11(15)20-7/h7-9H,1-6,13H2. The van der Waals surface area contributed by atoms with E-state index in [4.69, 9.17) is 19.9 Å². The molecule has 0 radical (unpaired) electrons. The summed E-state index contributed by atoms with van der Waals surface area (Å²) >= 11 is 0. The molecule has 0 bridgehead atoms. The van der Waals surface area contributed by atoms with Crippen LogP contribution in [0, 0.1) is 0 Å². The van der Waals surface area contributed by atoms with Crippen molar-refractivity contribution in [2.75, 3.05) is 19.8 Å². The first-order valence-electron chi connectivity index (χ1n) is 6.65. The van der Waals surface area contributed by atoms with E-state index in [9.17, 15) is 14.4 Å². The van der Waals surface area contributed by atoms with Crippen LogP contribution in [-0.4, -0.2) is 56.4 Å². The smallest absolute Gasteiger partial charge is 0.464 e. The van der Waals surface area contributed by atoms with Crippen molar-refractivity contribution in [3.05, 3.63) is 0 Å². The Balaban J connectivity index is 1.54. The van der Waals surface area contributed by atoms with Crippen LogP contribution in [0.4, 0.5) is 9.59 Å². The molecule has 2 N–H and O–H groups in total. The molecule has 2 aliphatic heterocycles. The van der Waals surface area contributed by atoms with E-state index in [1.54, 1.807) is 0 Å². The van der Waals surface area contributed by atoms with Gasteiger partial charge in [0.2, 0.25) is 0 Å². The fraction of sp³-hybridized carbons (Fsp3) is 0.750. The summed E-state index contributed by atoms with van der Waals surface area (Å²) in [7, 11) is 0. The first kappa shape index (κ1) is 15.4. The third kappa shape index (κ3) is 4.48. The van der Waals surface area contributed by atoms with Crippen LogP contribution in [0.25, 0.3) is 0 Å². The lowest BCUT2D eigenvalue weighted by molar-refractivity contribution is -0.147. The molecule has 2 rings (SSSR count). The van der Waals surface area contributed by atoms with Crippen LogP contribution in [0.3, 0.4) is 0 Å². The topological polar surface area (TPSA) is 123 Å². The molecule has 0 spiro atoms. The fourth-order valence-corrected chi connectivity index (χ4v) is 1.92. The average Bonchev–Trinajstić information content (AvgIpc) is 3.06. The Kier molecular flexibility index (Phi) is 5.20. The zero-order chi connectivity index (χ0) is 15.2. The van der Waals surface area contributed by atoms with E-state index in [2.05, 4.69) is 9.47 Å². The number of unbranched alkanes of at least 4 members (excludes halogenated alkanes) is 1. The Morgan fingerprint density at radius 2 is 1.90 bits per heavy atom. The summed E-state index contributed by atoms with van der Waals surface area (Å²) in [5.74, 6) is -0.645. The Hall–Kier alpha value is -2.03. The molecule has 0 aliphatic carbocycles. The molecule has 0 aromatic carbocycles. The van der Waals surface area contributed by atoms with Gasteiger partial charge in [-0.15, -0.1) is 0 Å². The molecule has 2 fully saturated rings. The summed E-state index contributed by atoms with van der Waals surface area (Å²) in [4.78, 5) is 33.0. The van der Waals surface area contributed by atoms with Crippen molar-refractivity contribution in [2.45, 2.75) is 37.5 Å². The number of hydrogen-bond donors (Lipinski definition) is 1. The quantitative estimate of drug-likeness (QED) is 0.396. The molecule has 2 heterocycles. The highest BCUT2D eigenvalue weighted by atomic mass is 16.8. The fourth-order valence-electron chi connectivity index (χ4n) is 1.92. The molecule has 118 valence electrons. The number of carbonyl (C=O) groups is 3. The molecule has 0 saturated carbocycles. The summed E-state index contributed by atoms with van der Waals surface area (Å²) in [6.07, 6.45) is -0.560. The van der Waals surface area contributed by atoms with E-state index >= 15 is 0 Å². The molecule has 0 aromatic rings. The Morgan fingerprint density at radius 3 is 2.52 bits per heavy atom. The maximum Gasteiger partial charge on any atom is 0.508 e. The number of carbonyl (C=O) groups excluding carboxylic acids is 3. The molecule has 3 unspecified atom stereocenters. The van der Waals surface area contributed by atoms with E-state index in [0.29, 0.717) is 19.3 Å². The largest absolute Gasteiger partial charge is 0.508 e. The van der Waals surface area contributed by atoms with Crippen LogP contribution in [0.2, 0.25) is 0 Å². The first-order valence-corrected chi connectivity index (χ1v) is 6.65. The lowest BCUT2D eigenvalue weighted by atomic mass is 10.1. The highest BCUT2D eigenvalue weighted by Crippen LogP contribution is 2.13. The summed E-state index contributed by atoms with van der Waals surface area (Å²) in [5, 5.41) is 0. The maximum absolute atomic E-state index is 11.6. The Labute approximate surface area is 120 Å². The number of ether oxygens (including phenoxy) is 5. The third-order valence-electron chi connectivity index (χ3n) is 3.10. The van der Waals surface area contributed by atoms with Gasteiger partial charge in [-0.05, 0) is 19.3 Å². The summed E-state index contributed by atoms with van der Waals surface area (Å²) in [6.45, 7) is 0.397. The van der Waals surface area contributed by atoms with E-state index in [0.717, 1.165) is 0 Å². The molecule has 9 heteroatoms. The third-order valence-corrected chi connectivity index (χ3v) is 3.10. The number of cyclic esters (lactones) is 4. The van der Waals surface area contributed by atoms with Crippen molar-refractivity contribution in [2.24, 2.45) is 5.73 Å². The van der Waals surface area contributed by atoms with Crippen LogP contribution in [0.5, 0.6) is 0 Å². The summed E-state index contributed by atoms with van der Waals surface area (Å²) in [5.41, 5.74) is 5.61. The predicted octanol–water partition coefficient (Wildman–Crippen LogP) is 0.0980. The SMILES string of the molecule is NC(C(=O)OCCCCC1COC(=O)O1)C1COC(=O)O1. The lowest BCUT2D eigenvalue weighted by Gasteiger charge is -2.14. The summed E-state index contributed by atoms with van der Waals surface area (Å²) < 4.78 is 23.7. The minimum atomic E-state index is -1.05. The van der Waals surface area contributed by atoms with Gasteiger partial charge in [0.25, 0.3) is 0 Å². The minimum absolute atomic E-state index is 0.0534.